The molecule has 192 valence electrons. The maximum atomic E-state index is 12.5. The van der Waals surface area contributed by atoms with Gasteiger partial charge in [0.15, 0.2) is 10.9 Å². The number of aryl methyl sites for hydroxylation is 1. The fourth-order valence-corrected chi connectivity index (χ4v) is 4.02. The molecule has 1 N–H and O–H groups in total. The predicted octanol–water partition coefficient (Wildman–Crippen LogP) is 5.64. The zero-order valence-electron chi connectivity index (χ0n) is 21.6. The molecule has 3 aromatic rings. The van der Waals surface area contributed by atoms with Gasteiger partial charge in [-0.05, 0) is 46.6 Å². The van der Waals surface area contributed by atoms with Crippen LogP contribution < -0.4 is 10.1 Å². The molecule has 3 rings (SSSR count). The Bertz CT molecular complexity index is 1180. The number of Topliss-reactive ketones (excluding diaryl/α,β-unsaturated/α-hetero) is 1. The fraction of sp³-hybridized carbons (Fsp3) is 0.423. The van der Waals surface area contributed by atoms with Gasteiger partial charge in [0.2, 0.25) is 5.88 Å². The number of amides is 1. The Morgan fingerprint density at radius 2 is 1.89 bits per heavy atom. The van der Waals surface area contributed by atoms with E-state index in [0.29, 0.717) is 35.7 Å². The minimum absolute atomic E-state index is 0.0637. The monoisotopic (exact) mass is 511 g/mol. The van der Waals surface area contributed by atoms with E-state index in [2.05, 4.69) is 20.3 Å². The number of likely N-dealkylation sites (N-methyl/N-ethyl adjacent to an activating group) is 1. The number of aromatic nitrogens is 3. The van der Waals surface area contributed by atoms with Crippen LogP contribution in [0.4, 0.5) is 15.7 Å². The van der Waals surface area contributed by atoms with Crippen molar-refractivity contribution in [3.05, 3.63) is 48.4 Å². The molecule has 2 heterocycles. The van der Waals surface area contributed by atoms with E-state index in [9.17, 15) is 9.59 Å². The van der Waals surface area contributed by atoms with Crippen LogP contribution in [0, 0.1) is 6.92 Å². The number of nitrogens with one attached hydrogen (secondary N) is 1. The third-order valence-corrected chi connectivity index (χ3v) is 6.12. The maximum absolute atomic E-state index is 12.5. The third-order valence-electron chi connectivity index (χ3n) is 5.16. The minimum Gasteiger partial charge on any atom is -0.478 e. The average Bonchev–Trinajstić information content (AvgIpc) is 3.28. The summed E-state index contributed by atoms with van der Waals surface area (Å²) in [6.07, 6.45) is 2.06. The zero-order valence-corrected chi connectivity index (χ0v) is 22.4. The number of carbonyl (C=O) groups excluding carboxylic acids is 2. The molecule has 9 nitrogen and oxygen atoms in total. The minimum atomic E-state index is -0.616. The van der Waals surface area contributed by atoms with Crippen LogP contribution in [-0.4, -0.2) is 57.0 Å². The number of hydrogen-bond acceptors (Lipinski definition) is 9. The standard InChI is InChI=1S/C26H33N5O4S/c1-17(31(6)25(33)35-26(3,4)5)20(32)13-10-14-34-23-15-22(28-18(2)29-23)30-24-27-16-21(36-24)19-11-8-7-9-12-19/h7-9,11-12,15-17H,10,13-14H2,1-6H3,(H,27,28,29,30)/t17-/m0/s1. The number of ether oxygens (including phenoxy) is 2. The molecule has 0 saturated carbocycles. The molecular weight excluding hydrogens is 478 g/mol. The van der Waals surface area contributed by atoms with Crippen LogP contribution in [0.3, 0.4) is 0 Å². The van der Waals surface area contributed by atoms with Crippen LogP contribution in [0.5, 0.6) is 5.88 Å². The highest BCUT2D eigenvalue weighted by molar-refractivity contribution is 7.18. The van der Waals surface area contributed by atoms with Crippen LogP contribution in [0.1, 0.15) is 46.4 Å². The van der Waals surface area contributed by atoms with Crippen LogP contribution in [0.15, 0.2) is 42.6 Å². The van der Waals surface area contributed by atoms with Crippen molar-refractivity contribution in [2.24, 2.45) is 0 Å². The van der Waals surface area contributed by atoms with Gasteiger partial charge < -0.3 is 19.7 Å². The summed E-state index contributed by atoms with van der Waals surface area (Å²) in [6.45, 7) is 9.15. The second-order valence-corrected chi connectivity index (χ2v) is 10.4. The van der Waals surface area contributed by atoms with Crippen molar-refractivity contribution in [2.45, 2.75) is 59.1 Å². The van der Waals surface area contributed by atoms with Gasteiger partial charge >= 0.3 is 6.09 Å². The molecular formula is C26H33N5O4S. The fourth-order valence-electron chi connectivity index (χ4n) is 3.20. The van der Waals surface area contributed by atoms with Gasteiger partial charge in [-0.3, -0.25) is 4.79 Å². The summed E-state index contributed by atoms with van der Waals surface area (Å²) < 4.78 is 11.1. The number of hydrogen-bond donors (Lipinski definition) is 1. The lowest BCUT2D eigenvalue weighted by Crippen LogP contribution is -2.43. The molecule has 0 radical (unpaired) electrons. The molecule has 36 heavy (non-hydrogen) atoms. The average molecular weight is 512 g/mol. The van der Waals surface area contributed by atoms with E-state index in [4.69, 9.17) is 9.47 Å². The number of ketones is 1. The quantitative estimate of drug-likeness (QED) is 0.349. The van der Waals surface area contributed by atoms with E-state index < -0.39 is 17.7 Å². The van der Waals surface area contributed by atoms with Crippen LogP contribution in [-0.2, 0) is 9.53 Å². The van der Waals surface area contributed by atoms with Gasteiger partial charge in [-0.15, -0.1) is 0 Å². The number of thiazole rings is 1. The molecule has 0 aliphatic carbocycles. The second kappa shape index (κ2) is 11.9. The molecule has 1 aromatic carbocycles. The summed E-state index contributed by atoms with van der Waals surface area (Å²) >= 11 is 1.53. The Labute approximate surface area is 215 Å². The van der Waals surface area contributed by atoms with Crippen LogP contribution in [0.2, 0.25) is 0 Å². The topological polar surface area (TPSA) is 107 Å². The summed E-state index contributed by atoms with van der Waals surface area (Å²) in [5.41, 5.74) is 0.488. The molecule has 1 atom stereocenters. The van der Waals surface area contributed by atoms with Crippen molar-refractivity contribution in [3.8, 4) is 16.3 Å². The van der Waals surface area contributed by atoms with Crippen LogP contribution in [0.25, 0.3) is 10.4 Å². The highest BCUT2D eigenvalue weighted by Crippen LogP contribution is 2.30. The summed E-state index contributed by atoms with van der Waals surface area (Å²) in [4.78, 5) is 40.3. The first-order valence-electron chi connectivity index (χ1n) is 11.8. The number of nitrogens with zero attached hydrogens (tertiary/aromatic N) is 4. The van der Waals surface area contributed by atoms with Crippen molar-refractivity contribution >= 4 is 34.2 Å². The molecule has 10 heteroatoms. The molecule has 0 saturated heterocycles. The lowest BCUT2D eigenvalue weighted by Gasteiger charge is -2.28. The molecule has 0 spiro atoms. The summed E-state index contributed by atoms with van der Waals surface area (Å²) in [5, 5.41) is 3.93. The molecule has 0 unspecified atom stereocenters. The van der Waals surface area contributed by atoms with E-state index >= 15 is 0 Å². The van der Waals surface area contributed by atoms with Gasteiger partial charge in [-0.1, -0.05) is 41.7 Å². The van der Waals surface area contributed by atoms with Crippen LogP contribution >= 0.6 is 11.3 Å². The lowest BCUT2D eigenvalue weighted by atomic mass is 10.1. The number of benzene rings is 1. The van der Waals surface area contributed by atoms with Gasteiger partial charge in [0, 0.05) is 25.7 Å². The van der Waals surface area contributed by atoms with Gasteiger partial charge in [0.25, 0.3) is 0 Å². The Morgan fingerprint density at radius 3 is 2.58 bits per heavy atom. The summed E-state index contributed by atoms with van der Waals surface area (Å²) in [7, 11) is 1.57. The van der Waals surface area contributed by atoms with Gasteiger partial charge in [-0.25, -0.2) is 14.8 Å². The highest BCUT2D eigenvalue weighted by atomic mass is 32.1. The highest BCUT2D eigenvalue weighted by Gasteiger charge is 2.26. The SMILES string of the molecule is Cc1nc(Nc2ncc(-c3ccccc3)s2)cc(OCCCC(=O)[C@H](C)N(C)C(=O)OC(C)(C)C)n1. The lowest BCUT2D eigenvalue weighted by molar-refractivity contribution is -0.123. The van der Waals surface area contributed by atoms with Gasteiger partial charge in [0.1, 0.15) is 17.2 Å². The Morgan fingerprint density at radius 1 is 1.17 bits per heavy atom. The van der Waals surface area contributed by atoms with E-state index in [0.717, 1.165) is 10.4 Å². The molecule has 2 aromatic heterocycles. The number of anilines is 2. The van der Waals surface area contributed by atoms with E-state index in [1.165, 1.54) is 16.2 Å². The molecule has 0 fully saturated rings. The summed E-state index contributed by atoms with van der Waals surface area (Å²) in [5.74, 6) is 1.48. The third kappa shape index (κ3) is 8.01. The van der Waals surface area contributed by atoms with Crippen molar-refractivity contribution < 1.29 is 19.1 Å². The molecule has 0 aliphatic rings. The van der Waals surface area contributed by atoms with Gasteiger partial charge in [0.05, 0.1) is 17.5 Å². The molecule has 0 bridgehead atoms. The number of rotatable bonds is 10. The second-order valence-electron chi connectivity index (χ2n) is 9.34. The summed E-state index contributed by atoms with van der Waals surface area (Å²) in [6, 6.07) is 11.2. The first-order chi connectivity index (χ1) is 17.0. The van der Waals surface area contributed by atoms with E-state index in [-0.39, 0.29) is 12.2 Å². The predicted molar refractivity (Wildman–Crippen MR) is 141 cm³/mol. The van der Waals surface area contributed by atoms with Crippen molar-refractivity contribution in [3.63, 3.8) is 0 Å². The number of carbonyl (C=O) groups is 2. The Kier molecular flexibility index (Phi) is 8.98. The first-order valence-corrected chi connectivity index (χ1v) is 12.6. The van der Waals surface area contributed by atoms with E-state index in [1.807, 2.05) is 36.5 Å². The van der Waals surface area contributed by atoms with Gasteiger partial charge in [-0.2, -0.15) is 4.98 Å². The molecule has 1 amide bonds. The van der Waals surface area contributed by atoms with Crippen molar-refractivity contribution in [2.75, 3.05) is 19.0 Å². The first kappa shape index (κ1) is 27.1. The Hall–Kier alpha value is -3.53. The van der Waals surface area contributed by atoms with Crippen molar-refractivity contribution in [1.82, 2.24) is 19.9 Å². The maximum Gasteiger partial charge on any atom is 0.410 e. The normalized spacial score (nSPS) is 12.1. The zero-order chi connectivity index (χ0) is 26.3. The largest absolute Gasteiger partial charge is 0.478 e. The Balaban J connectivity index is 1.50. The smallest absolute Gasteiger partial charge is 0.410 e. The molecule has 0 aliphatic heterocycles. The van der Waals surface area contributed by atoms with E-state index in [1.54, 1.807) is 47.7 Å². The van der Waals surface area contributed by atoms with Crippen molar-refractivity contribution in [1.29, 1.82) is 0 Å².